The van der Waals surface area contributed by atoms with E-state index in [-0.39, 0.29) is 6.29 Å². The third-order valence-electron chi connectivity index (χ3n) is 2.33. The van der Waals surface area contributed by atoms with E-state index in [2.05, 4.69) is 10.2 Å². The first-order valence-corrected chi connectivity index (χ1v) is 4.77. The molecule has 0 saturated carbocycles. The predicted octanol–water partition coefficient (Wildman–Crippen LogP) is 0.473. The summed E-state index contributed by atoms with van der Waals surface area (Å²) in [5.41, 5.74) is 0. The van der Waals surface area contributed by atoms with E-state index in [1.54, 1.807) is 0 Å². The Labute approximate surface area is 78.5 Å². The maximum Gasteiger partial charge on any atom is 0.240 e. The lowest BCUT2D eigenvalue weighted by molar-refractivity contribution is -0.0407. The van der Waals surface area contributed by atoms with Gasteiger partial charge in [-0.3, -0.25) is 0 Å². The Morgan fingerprint density at radius 3 is 2.54 bits per heavy atom. The molecule has 2 aliphatic heterocycles. The van der Waals surface area contributed by atoms with Crippen LogP contribution in [-0.2, 0) is 9.47 Å². The third kappa shape index (κ3) is 1.72. The maximum atomic E-state index is 5.57. The van der Waals surface area contributed by atoms with Crippen LogP contribution in [0.25, 0.3) is 0 Å². The summed E-state index contributed by atoms with van der Waals surface area (Å²) in [6.45, 7) is 7.92. The van der Waals surface area contributed by atoms with Gasteiger partial charge in [0, 0.05) is 33.1 Å². The van der Waals surface area contributed by atoms with Gasteiger partial charge in [0.15, 0.2) is 5.76 Å². The van der Waals surface area contributed by atoms with Gasteiger partial charge in [0.2, 0.25) is 12.2 Å². The average molecular weight is 184 g/mol. The fourth-order valence-corrected chi connectivity index (χ4v) is 1.73. The molecule has 1 saturated heterocycles. The Morgan fingerprint density at radius 2 is 2.00 bits per heavy atom. The SMILES string of the molecule is CC1=C(N2CCNCC2)OC(C)O1. The molecule has 0 radical (unpaired) electrons. The summed E-state index contributed by atoms with van der Waals surface area (Å²) in [4.78, 5) is 2.23. The number of nitrogens with zero attached hydrogens (tertiary/aromatic N) is 1. The Morgan fingerprint density at radius 1 is 1.31 bits per heavy atom. The Kier molecular flexibility index (Phi) is 2.31. The zero-order valence-corrected chi connectivity index (χ0v) is 8.17. The molecule has 4 heteroatoms. The zero-order valence-electron chi connectivity index (χ0n) is 8.17. The van der Waals surface area contributed by atoms with Crippen LogP contribution in [-0.4, -0.2) is 37.4 Å². The number of allylic oxidation sites excluding steroid dienone is 1. The second-order valence-corrected chi connectivity index (χ2v) is 3.40. The highest BCUT2D eigenvalue weighted by Crippen LogP contribution is 2.24. The van der Waals surface area contributed by atoms with E-state index in [1.165, 1.54) is 0 Å². The van der Waals surface area contributed by atoms with Gasteiger partial charge in [0.25, 0.3) is 0 Å². The van der Waals surface area contributed by atoms with Crippen LogP contribution in [0.5, 0.6) is 0 Å². The van der Waals surface area contributed by atoms with Crippen LogP contribution < -0.4 is 5.32 Å². The lowest BCUT2D eigenvalue weighted by atomic mass is 10.3. The minimum absolute atomic E-state index is 0.120. The van der Waals surface area contributed by atoms with Gasteiger partial charge < -0.3 is 19.7 Å². The summed E-state index contributed by atoms with van der Waals surface area (Å²) in [5, 5.41) is 3.30. The van der Waals surface area contributed by atoms with Crippen molar-refractivity contribution < 1.29 is 9.47 Å². The lowest BCUT2D eigenvalue weighted by Crippen LogP contribution is -2.43. The molecule has 1 fully saturated rings. The minimum Gasteiger partial charge on any atom is -0.454 e. The van der Waals surface area contributed by atoms with Crippen LogP contribution >= 0.6 is 0 Å². The molecule has 1 N–H and O–H groups in total. The third-order valence-corrected chi connectivity index (χ3v) is 2.33. The molecule has 0 aromatic carbocycles. The van der Waals surface area contributed by atoms with Gasteiger partial charge in [-0.05, 0) is 6.92 Å². The van der Waals surface area contributed by atoms with Crippen molar-refractivity contribution in [3.8, 4) is 0 Å². The molecule has 2 aliphatic rings. The largest absolute Gasteiger partial charge is 0.454 e. The predicted molar refractivity (Wildman–Crippen MR) is 48.8 cm³/mol. The van der Waals surface area contributed by atoms with E-state index < -0.39 is 0 Å². The van der Waals surface area contributed by atoms with E-state index in [4.69, 9.17) is 9.47 Å². The van der Waals surface area contributed by atoms with Crippen molar-refractivity contribution >= 4 is 0 Å². The molecule has 0 aliphatic carbocycles. The molecule has 2 heterocycles. The molecule has 4 nitrogen and oxygen atoms in total. The number of hydrogen-bond acceptors (Lipinski definition) is 4. The zero-order chi connectivity index (χ0) is 9.26. The summed E-state index contributed by atoms with van der Waals surface area (Å²) in [7, 11) is 0. The van der Waals surface area contributed by atoms with Crippen molar-refractivity contribution in [1.29, 1.82) is 0 Å². The first-order chi connectivity index (χ1) is 6.27. The van der Waals surface area contributed by atoms with E-state index >= 15 is 0 Å². The van der Waals surface area contributed by atoms with Crippen molar-refractivity contribution in [3.63, 3.8) is 0 Å². The highest BCUT2D eigenvalue weighted by Gasteiger charge is 2.26. The molecule has 1 unspecified atom stereocenters. The summed E-state index contributed by atoms with van der Waals surface area (Å²) in [5.74, 6) is 1.84. The lowest BCUT2D eigenvalue weighted by Gasteiger charge is -2.28. The summed E-state index contributed by atoms with van der Waals surface area (Å²) in [6, 6.07) is 0. The molecule has 1 atom stereocenters. The summed E-state index contributed by atoms with van der Waals surface area (Å²) in [6.07, 6.45) is -0.120. The number of rotatable bonds is 1. The second kappa shape index (κ2) is 3.46. The van der Waals surface area contributed by atoms with Crippen molar-refractivity contribution in [2.24, 2.45) is 0 Å². The average Bonchev–Trinajstić information content (AvgIpc) is 2.47. The number of hydrogen-bond donors (Lipinski definition) is 1. The maximum absolute atomic E-state index is 5.57. The van der Waals surface area contributed by atoms with E-state index in [0.29, 0.717) is 0 Å². The molecule has 0 aromatic heterocycles. The highest BCUT2D eigenvalue weighted by molar-refractivity contribution is 5.03. The first-order valence-electron chi connectivity index (χ1n) is 4.77. The number of piperazine rings is 1. The highest BCUT2D eigenvalue weighted by atomic mass is 16.7. The number of ether oxygens (including phenoxy) is 2. The van der Waals surface area contributed by atoms with Crippen LogP contribution in [0.2, 0.25) is 0 Å². The quantitative estimate of drug-likeness (QED) is 0.642. The first kappa shape index (κ1) is 8.69. The summed E-state index contributed by atoms with van der Waals surface area (Å²) < 4.78 is 11.0. The van der Waals surface area contributed by atoms with Crippen molar-refractivity contribution in [3.05, 3.63) is 11.6 Å². The second-order valence-electron chi connectivity index (χ2n) is 3.40. The molecule has 13 heavy (non-hydrogen) atoms. The molecule has 0 bridgehead atoms. The molecule has 0 amide bonds. The fraction of sp³-hybridized carbons (Fsp3) is 0.778. The standard InChI is InChI=1S/C9H16N2O2/c1-7-9(13-8(2)12-7)11-5-3-10-4-6-11/h8,10H,3-6H2,1-2H3. The van der Waals surface area contributed by atoms with E-state index in [1.807, 2.05) is 13.8 Å². The molecular weight excluding hydrogens is 168 g/mol. The van der Waals surface area contributed by atoms with Crippen molar-refractivity contribution in [1.82, 2.24) is 10.2 Å². The van der Waals surface area contributed by atoms with Crippen LogP contribution in [0.15, 0.2) is 11.6 Å². The Bertz CT molecular complexity index is 222. The van der Waals surface area contributed by atoms with Gasteiger partial charge in [0.05, 0.1) is 0 Å². The Balaban J connectivity index is 2.02. The molecule has 2 rings (SSSR count). The molecule has 0 aromatic rings. The van der Waals surface area contributed by atoms with Gasteiger partial charge in [-0.25, -0.2) is 0 Å². The number of nitrogens with one attached hydrogen (secondary N) is 1. The van der Waals surface area contributed by atoms with Gasteiger partial charge in [0.1, 0.15) is 0 Å². The van der Waals surface area contributed by atoms with Gasteiger partial charge in [-0.2, -0.15) is 0 Å². The van der Waals surface area contributed by atoms with E-state index in [9.17, 15) is 0 Å². The smallest absolute Gasteiger partial charge is 0.240 e. The molecule has 0 spiro atoms. The minimum atomic E-state index is -0.120. The Hall–Kier alpha value is -0.900. The molecule has 74 valence electrons. The molecular formula is C9H16N2O2. The van der Waals surface area contributed by atoms with Crippen molar-refractivity contribution in [2.45, 2.75) is 20.1 Å². The van der Waals surface area contributed by atoms with Gasteiger partial charge in [-0.1, -0.05) is 0 Å². The fourth-order valence-electron chi connectivity index (χ4n) is 1.73. The van der Waals surface area contributed by atoms with Crippen LogP contribution in [0.1, 0.15) is 13.8 Å². The monoisotopic (exact) mass is 184 g/mol. The van der Waals surface area contributed by atoms with Gasteiger partial charge >= 0.3 is 0 Å². The van der Waals surface area contributed by atoms with Crippen LogP contribution in [0.4, 0.5) is 0 Å². The van der Waals surface area contributed by atoms with Crippen LogP contribution in [0, 0.1) is 0 Å². The summed E-state index contributed by atoms with van der Waals surface area (Å²) >= 11 is 0. The van der Waals surface area contributed by atoms with Gasteiger partial charge in [-0.15, -0.1) is 0 Å². The van der Waals surface area contributed by atoms with Crippen LogP contribution in [0.3, 0.4) is 0 Å². The normalized spacial score (nSPS) is 28.8. The van der Waals surface area contributed by atoms with E-state index in [0.717, 1.165) is 37.8 Å². The topological polar surface area (TPSA) is 33.7 Å². The van der Waals surface area contributed by atoms with Crippen molar-refractivity contribution in [2.75, 3.05) is 26.2 Å².